The van der Waals surface area contributed by atoms with Crippen molar-refractivity contribution in [1.82, 2.24) is 8.61 Å². The Kier molecular flexibility index (Phi) is 3.24. The highest BCUT2D eigenvalue weighted by Crippen LogP contribution is 2.31. The van der Waals surface area contributed by atoms with E-state index in [-0.39, 0.29) is 12.5 Å². The van der Waals surface area contributed by atoms with Gasteiger partial charge in [-0.15, -0.1) is 0 Å². The molecule has 2 aliphatic heterocycles. The van der Waals surface area contributed by atoms with Crippen molar-refractivity contribution in [3.05, 3.63) is 35.9 Å². The summed E-state index contributed by atoms with van der Waals surface area (Å²) in [6.07, 6.45) is 1.36. The molecule has 3 rings (SSSR count). The number of carbonyl (C=O) groups excluding carboxylic acids is 1. The van der Waals surface area contributed by atoms with E-state index < -0.39 is 16.3 Å². The zero-order valence-corrected chi connectivity index (χ0v) is 11.6. The van der Waals surface area contributed by atoms with Gasteiger partial charge in [-0.05, 0) is 25.0 Å². The van der Waals surface area contributed by atoms with Gasteiger partial charge in [0.25, 0.3) is 5.91 Å². The summed E-state index contributed by atoms with van der Waals surface area (Å²) in [6.45, 7) is 0.352. The van der Waals surface area contributed by atoms with Gasteiger partial charge in [0.2, 0.25) is 0 Å². The first-order valence-electron chi connectivity index (χ1n) is 6.48. The number of rotatable bonds is 1. The van der Waals surface area contributed by atoms with E-state index in [0.717, 1.165) is 16.3 Å². The van der Waals surface area contributed by atoms with E-state index in [9.17, 15) is 13.2 Å². The number of fused-ring (bicyclic) bond motifs is 1. The Bertz CT molecular complexity index is 688. The molecule has 2 saturated heterocycles. The molecule has 1 aromatic carbocycles. The van der Waals surface area contributed by atoms with Crippen molar-refractivity contribution in [1.29, 1.82) is 0 Å². The van der Waals surface area contributed by atoms with E-state index in [4.69, 9.17) is 0 Å². The monoisotopic (exact) mass is 290 g/mol. The molecule has 20 heavy (non-hydrogen) atoms. The van der Waals surface area contributed by atoms with Crippen LogP contribution in [-0.4, -0.2) is 42.1 Å². The predicted octanol–water partition coefficient (Wildman–Crippen LogP) is 0.589. The Balaban J connectivity index is 1.79. The highest BCUT2D eigenvalue weighted by molar-refractivity contribution is 7.87. The van der Waals surface area contributed by atoms with Crippen molar-refractivity contribution in [2.45, 2.75) is 18.9 Å². The summed E-state index contributed by atoms with van der Waals surface area (Å²) in [5, 5.41) is 0. The third-order valence-electron chi connectivity index (χ3n) is 3.54. The van der Waals surface area contributed by atoms with Gasteiger partial charge in [-0.1, -0.05) is 30.0 Å². The van der Waals surface area contributed by atoms with Crippen LogP contribution >= 0.6 is 0 Å². The van der Waals surface area contributed by atoms with E-state index >= 15 is 0 Å². The fraction of sp³-hybridized carbons (Fsp3) is 0.357. The van der Waals surface area contributed by atoms with Crippen LogP contribution in [0.2, 0.25) is 0 Å². The van der Waals surface area contributed by atoms with Crippen molar-refractivity contribution >= 4 is 16.1 Å². The normalized spacial score (nSPS) is 24.3. The average Bonchev–Trinajstić information content (AvgIpc) is 2.99. The minimum absolute atomic E-state index is 0.0803. The van der Waals surface area contributed by atoms with Crippen molar-refractivity contribution in [3.63, 3.8) is 0 Å². The van der Waals surface area contributed by atoms with Gasteiger partial charge in [0.1, 0.15) is 6.04 Å². The van der Waals surface area contributed by atoms with Gasteiger partial charge in [-0.25, -0.2) is 4.31 Å². The van der Waals surface area contributed by atoms with Gasteiger partial charge >= 0.3 is 10.2 Å². The van der Waals surface area contributed by atoms with E-state index in [2.05, 4.69) is 11.8 Å². The van der Waals surface area contributed by atoms with Crippen LogP contribution in [0.5, 0.6) is 0 Å². The topological polar surface area (TPSA) is 57.7 Å². The summed E-state index contributed by atoms with van der Waals surface area (Å²) < 4.78 is 26.6. The first-order valence-corrected chi connectivity index (χ1v) is 7.87. The molecule has 0 N–H and O–H groups in total. The smallest absolute Gasteiger partial charge is 0.272 e. The van der Waals surface area contributed by atoms with Crippen molar-refractivity contribution in [2.24, 2.45) is 0 Å². The van der Waals surface area contributed by atoms with Crippen LogP contribution in [0.25, 0.3) is 0 Å². The van der Waals surface area contributed by atoms with Gasteiger partial charge in [-0.2, -0.15) is 12.7 Å². The van der Waals surface area contributed by atoms with Crippen molar-refractivity contribution in [2.75, 3.05) is 13.1 Å². The Morgan fingerprint density at radius 1 is 1.25 bits per heavy atom. The molecular weight excluding hydrogens is 276 g/mol. The van der Waals surface area contributed by atoms with Crippen molar-refractivity contribution < 1.29 is 13.2 Å². The number of carbonyl (C=O) groups is 1. The first kappa shape index (κ1) is 13.2. The van der Waals surface area contributed by atoms with Gasteiger partial charge < -0.3 is 0 Å². The molecule has 0 aromatic heterocycles. The minimum atomic E-state index is -3.65. The van der Waals surface area contributed by atoms with Gasteiger partial charge in [0, 0.05) is 12.1 Å². The quantitative estimate of drug-likeness (QED) is 0.711. The fourth-order valence-corrected chi connectivity index (χ4v) is 4.27. The van der Waals surface area contributed by atoms with E-state index in [1.165, 1.54) is 4.31 Å². The summed E-state index contributed by atoms with van der Waals surface area (Å²) in [6, 6.07) is 8.78. The summed E-state index contributed by atoms with van der Waals surface area (Å²) in [5.41, 5.74) is 0.803. The molecule has 0 saturated carbocycles. The maximum atomic E-state index is 12.2. The maximum Gasteiger partial charge on any atom is 0.307 e. The lowest BCUT2D eigenvalue weighted by molar-refractivity contribution is -0.127. The zero-order valence-electron chi connectivity index (χ0n) is 10.8. The van der Waals surface area contributed by atoms with Crippen LogP contribution in [0, 0.1) is 11.8 Å². The highest BCUT2D eigenvalue weighted by Gasteiger charge is 2.52. The van der Waals surface area contributed by atoms with Crippen LogP contribution in [-0.2, 0) is 15.0 Å². The molecule has 0 aliphatic carbocycles. The Morgan fingerprint density at radius 2 is 2.00 bits per heavy atom. The second-order valence-electron chi connectivity index (χ2n) is 4.79. The molecule has 2 fully saturated rings. The molecule has 0 bridgehead atoms. The van der Waals surface area contributed by atoms with E-state index in [1.807, 2.05) is 30.3 Å². The molecule has 104 valence electrons. The molecular formula is C14H14N2O3S. The number of hydrogen-bond donors (Lipinski definition) is 0. The lowest BCUT2D eigenvalue weighted by Gasteiger charge is -2.14. The second-order valence-corrected chi connectivity index (χ2v) is 6.59. The molecule has 1 atom stereocenters. The summed E-state index contributed by atoms with van der Waals surface area (Å²) in [5.74, 6) is 5.29. The lowest BCUT2D eigenvalue weighted by atomic mass is 10.2. The third kappa shape index (κ3) is 2.09. The van der Waals surface area contributed by atoms with Gasteiger partial charge in [-0.3, -0.25) is 4.79 Å². The molecule has 0 unspecified atom stereocenters. The van der Waals surface area contributed by atoms with Crippen LogP contribution < -0.4 is 0 Å². The van der Waals surface area contributed by atoms with Crippen LogP contribution in [0.1, 0.15) is 18.4 Å². The summed E-state index contributed by atoms with van der Waals surface area (Å²) >= 11 is 0. The molecule has 2 aliphatic rings. The van der Waals surface area contributed by atoms with Crippen LogP contribution in [0.4, 0.5) is 0 Å². The van der Waals surface area contributed by atoms with Crippen molar-refractivity contribution in [3.8, 4) is 11.8 Å². The second kappa shape index (κ2) is 4.93. The Morgan fingerprint density at radius 3 is 2.70 bits per heavy atom. The molecule has 2 heterocycles. The number of amides is 1. The number of nitrogens with zero attached hydrogens (tertiary/aromatic N) is 2. The molecule has 5 nitrogen and oxygen atoms in total. The average molecular weight is 290 g/mol. The molecule has 0 spiro atoms. The highest BCUT2D eigenvalue weighted by atomic mass is 32.2. The Labute approximate surface area is 118 Å². The fourth-order valence-electron chi connectivity index (χ4n) is 2.56. The molecule has 0 radical (unpaired) electrons. The maximum absolute atomic E-state index is 12.2. The van der Waals surface area contributed by atoms with E-state index in [0.29, 0.717) is 13.0 Å². The van der Waals surface area contributed by atoms with Crippen LogP contribution in [0.15, 0.2) is 30.3 Å². The third-order valence-corrected chi connectivity index (χ3v) is 5.43. The van der Waals surface area contributed by atoms with Gasteiger partial charge in [0.15, 0.2) is 0 Å². The first-order chi connectivity index (χ1) is 9.60. The zero-order chi connectivity index (χ0) is 14.2. The number of hydrogen-bond acceptors (Lipinski definition) is 3. The molecule has 1 aromatic rings. The van der Waals surface area contributed by atoms with E-state index in [1.54, 1.807) is 0 Å². The Hall–Kier alpha value is -1.84. The summed E-state index contributed by atoms with van der Waals surface area (Å²) in [7, 11) is -3.65. The lowest BCUT2D eigenvalue weighted by Crippen LogP contribution is -2.34. The number of benzene rings is 1. The van der Waals surface area contributed by atoms with Crippen LogP contribution in [0.3, 0.4) is 0 Å². The SMILES string of the molecule is O=C1[C@@H]2CCCN2S(=O)(=O)N1CC#Cc1ccccc1. The standard InChI is InChI=1S/C14H14N2O3S/c17-14-13-9-5-10-15(13)20(18,19)16(14)11-4-8-12-6-2-1-3-7-12/h1-3,6-7,13H,5,9-11H2/t13-/m0/s1. The minimum Gasteiger partial charge on any atom is -0.272 e. The molecule has 6 heteroatoms. The molecule has 1 amide bonds. The van der Waals surface area contributed by atoms with Gasteiger partial charge in [0.05, 0.1) is 6.54 Å². The summed E-state index contributed by atoms with van der Waals surface area (Å²) in [4.78, 5) is 12.1. The largest absolute Gasteiger partial charge is 0.307 e. The predicted molar refractivity (Wildman–Crippen MR) is 73.7 cm³/mol.